The van der Waals surface area contributed by atoms with Crippen molar-refractivity contribution in [3.63, 3.8) is 0 Å². The predicted molar refractivity (Wildman–Crippen MR) is 102 cm³/mol. The molecular formula is C19H25N5. The number of aromatic nitrogens is 2. The maximum atomic E-state index is 4.55. The lowest BCUT2D eigenvalue weighted by molar-refractivity contribution is 0.402. The Balaban J connectivity index is 2.12. The van der Waals surface area contributed by atoms with Gasteiger partial charge >= 0.3 is 0 Å². The SMILES string of the molecule is CC(C)=N/C=C(\C)c1ccnc(Nc2ccc(CN(C)C)cc2)n1. The van der Waals surface area contributed by atoms with Crippen LogP contribution >= 0.6 is 0 Å². The molecule has 0 spiro atoms. The zero-order chi connectivity index (χ0) is 17.5. The third-order valence-corrected chi connectivity index (χ3v) is 3.28. The number of nitrogens with zero attached hydrogens (tertiary/aromatic N) is 4. The molecule has 5 nitrogen and oxygen atoms in total. The molecule has 0 aliphatic heterocycles. The monoisotopic (exact) mass is 323 g/mol. The predicted octanol–water partition coefficient (Wildman–Crippen LogP) is 4.12. The van der Waals surface area contributed by atoms with Gasteiger partial charge in [0.05, 0.1) is 5.69 Å². The first-order chi connectivity index (χ1) is 11.4. The van der Waals surface area contributed by atoms with Gasteiger partial charge in [-0.3, -0.25) is 4.99 Å². The fraction of sp³-hybridized carbons (Fsp3) is 0.316. The first kappa shape index (κ1) is 17.8. The molecule has 1 aromatic heterocycles. The van der Waals surface area contributed by atoms with Gasteiger partial charge in [-0.2, -0.15) is 0 Å². The number of benzene rings is 1. The molecule has 0 unspecified atom stereocenters. The number of anilines is 2. The molecule has 5 heteroatoms. The molecule has 0 aliphatic carbocycles. The average Bonchev–Trinajstić information content (AvgIpc) is 2.54. The number of nitrogens with one attached hydrogen (secondary N) is 1. The topological polar surface area (TPSA) is 53.4 Å². The molecule has 1 heterocycles. The van der Waals surface area contributed by atoms with E-state index in [1.807, 2.05) is 45.2 Å². The van der Waals surface area contributed by atoms with Crippen LogP contribution in [-0.2, 0) is 6.54 Å². The Morgan fingerprint density at radius 2 is 1.83 bits per heavy atom. The van der Waals surface area contributed by atoms with Gasteiger partial charge in [-0.05, 0) is 64.2 Å². The van der Waals surface area contributed by atoms with Crippen molar-refractivity contribution in [2.24, 2.45) is 4.99 Å². The van der Waals surface area contributed by atoms with Crippen molar-refractivity contribution in [2.75, 3.05) is 19.4 Å². The highest BCUT2D eigenvalue weighted by Crippen LogP contribution is 2.17. The highest BCUT2D eigenvalue weighted by Gasteiger charge is 2.03. The van der Waals surface area contributed by atoms with Gasteiger partial charge in [-0.1, -0.05) is 12.1 Å². The third-order valence-electron chi connectivity index (χ3n) is 3.28. The van der Waals surface area contributed by atoms with Crippen LogP contribution in [0.3, 0.4) is 0 Å². The van der Waals surface area contributed by atoms with Crippen molar-refractivity contribution in [1.29, 1.82) is 0 Å². The van der Waals surface area contributed by atoms with Crippen LogP contribution < -0.4 is 5.32 Å². The van der Waals surface area contributed by atoms with E-state index in [-0.39, 0.29) is 0 Å². The summed E-state index contributed by atoms with van der Waals surface area (Å²) >= 11 is 0. The number of hydrogen-bond donors (Lipinski definition) is 1. The number of aliphatic imine (C=N–C) groups is 1. The molecule has 0 atom stereocenters. The van der Waals surface area contributed by atoms with E-state index < -0.39 is 0 Å². The number of allylic oxidation sites excluding steroid dienone is 1. The Morgan fingerprint density at radius 3 is 2.46 bits per heavy atom. The average molecular weight is 323 g/mol. The molecule has 0 bridgehead atoms. The maximum absolute atomic E-state index is 4.55. The van der Waals surface area contributed by atoms with Crippen LogP contribution in [0.15, 0.2) is 47.7 Å². The van der Waals surface area contributed by atoms with Crippen molar-refractivity contribution in [3.8, 4) is 0 Å². The maximum Gasteiger partial charge on any atom is 0.227 e. The number of hydrogen-bond acceptors (Lipinski definition) is 5. The van der Waals surface area contributed by atoms with E-state index in [4.69, 9.17) is 0 Å². The van der Waals surface area contributed by atoms with Gasteiger partial charge in [0.1, 0.15) is 0 Å². The van der Waals surface area contributed by atoms with Crippen LogP contribution in [-0.4, -0.2) is 34.7 Å². The molecular weight excluding hydrogens is 298 g/mol. The summed E-state index contributed by atoms with van der Waals surface area (Å²) in [6, 6.07) is 10.2. The van der Waals surface area contributed by atoms with E-state index in [9.17, 15) is 0 Å². The summed E-state index contributed by atoms with van der Waals surface area (Å²) in [6.45, 7) is 6.86. The van der Waals surface area contributed by atoms with Gasteiger partial charge < -0.3 is 10.2 Å². The first-order valence-electron chi connectivity index (χ1n) is 7.96. The number of rotatable bonds is 6. The quantitative estimate of drug-likeness (QED) is 0.812. The van der Waals surface area contributed by atoms with Gasteiger partial charge in [0, 0.05) is 30.3 Å². The summed E-state index contributed by atoms with van der Waals surface area (Å²) in [5, 5.41) is 3.25. The van der Waals surface area contributed by atoms with Crippen LogP contribution in [0, 0.1) is 0 Å². The molecule has 1 aromatic carbocycles. The second-order valence-corrected chi connectivity index (χ2v) is 6.21. The van der Waals surface area contributed by atoms with Gasteiger partial charge in [0.25, 0.3) is 0 Å². The molecule has 126 valence electrons. The molecule has 0 saturated heterocycles. The standard InChI is InChI=1S/C19H25N5/c1-14(2)21-12-15(3)18-10-11-20-19(23-18)22-17-8-6-16(7-9-17)13-24(4)5/h6-12H,13H2,1-5H3,(H,20,22,23)/b15-12+. The lowest BCUT2D eigenvalue weighted by atomic mass is 10.2. The Bertz CT molecular complexity index is 726. The Hall–Kier alpha value is -2.53. The van der Waals surface area contributed by atoms with E-state index in [2.05, 4.69) is 51.4 Å². The summed E-state index contributed by atoms with van der Waals surface area (Å²) in [4.78, 5) is 15.3. The fourth-order valence-corrected chi connectivity index (χ4v) is 2.12. The summed E-state index contributed by atoms with van der Waals surface area (Å²) in [6.07, 6.45) is 3.59. The zero-order valence-corrected chi connectivity index (χ0v) is 15.0. The van der Waals surface area contributed by atoms with Crippen LogP contribution in [0.25, 0.3) is 5.57 Å². The Kier molecular flexibility index (Phi) is 6.21. The van der Waals surface area contributed by atoms with Crippen molar-refractivity contribution in [1.82, 2.24) is 14.9 Å². The molecule has 0 aliphatic rings. The highest BCUT2D eigenvalue weighted by molar-refractivity contribution is 5.80. The van der Waals surface area contributed by atoms with E-state index >= 15 is 0 Å². The van der Waals surface area contributed by atoms with Crippen molar-refractivity contribution in [3.05, 3.63) is 54.0 Å². The summed E-state index contributed by atoms with van der Waals surface area (Å²) in [7, 11) is 4.12. The minimum Gasteiger partial charge on any atom is -0.324 e. The molecule has 0 fully saturated rings. The summed E-state index contributed by atoms with van der Waals surface area (Å²) in [5.41, 5.74) is 5.12. The molecule has 0 radical (unpaired) electrons. The molecule has 0 amide bonds. The second kappa shape index (κ2) is 8.36. The van der Waals surface area contributed by atoms with E-state index in [0.717, 1.165) is 29.2 Å². The molecule has 1 N–H and O–H groups in total. The van der Waals surface area contributed by atoms with Crippen molar-refractivity contribution in [2.45, 2.75) is 27.3 Å². The Labute approximate surface area is 144 Å². The minimum absolute atomic E-state index is 0.581. The second-order valence-electron chi connectivity index (χ2n) is 6.21. The van der Waals surface area contributed by atoms with Crippen LogP contribution in [0.4, 0.5) is 11.6 Å². The van der Waals surface area contributed by atoms with E-state index in [1.54, 1.807) is 6.20 Å². The van der Waals surface area contributed by atoms with Crippen molar-refractivity contribution < 1.29 is 0 Å². The minimum atomic E-state index is 0.581. The lowest BCUT2D eigenvalue weighted by Gasteiger charge is -2.11. The Morgan fingerprint density at radius 1 is 1.12 bits per heavy atom. The first-order valence-corrected chi connectivity index (χ1v) is 7.96. The van der Waals surface area contributed by atoms with E-state index in [1.165, 1.54) is 5.56 Å². The smallest absolute Gasteiger partial charge is 0.227 e. The molecule has 2 aromatic rings. The molecule has 0 saturated carbocycles. The van der Waals surface area contributed by atoms with Gasteiger partial charge in [-0.15, -0.1) is 0 Å². The molecule has 24 heavy (non-hydrogen) atoms. The van der Waals surface area contributed by atoms with Gasteiger partial charge in [0.15, 0.2) is 0 Å². The largest absolute Gasteiger partial charge is 0.324 e. The lowest BCUT2D eigenvalue weighted by Crippen LogP contribution is -2.10. The third kappa shape index (κ3) is 5.59. The summed E-state index contributed by atoms with van der Waals surface area (Å²) < 4.78 is 0. The van der Waals surface area contributed by atoms with Crippen LogP contribution in [0.2, 0.25) is 0 Å². The summed E-state index contributed by atoms with van der Waals surface area (Å²) in [5.74, 6) is 0.581. The van der Waals surface area contributed by atoms with Crippen LogP contribution in [0.1, 0.15) is 32.0 Å². The highest BCUT2D eigenvalue weighted by atomic mass is 15.1. The van der Waals surface area contributed by atoms with Gasteiger partial charge in [-0.25, -0.2) is 9.97 Å². The van der Waals surface area contributed by atoms with Gasteiger partial charge in [0.2, 0.25) is 5.95 Å². The fourth-order valence-electron chi connectivity index (χ4n) is 2.12. The zero-order valence-electron chi connectivity index (χ0n) is 15.0. The van der Waals surface area contributed by atoms with E-state index in [0.29, 0.717) is 5.95 Å². The van der Waals surface area contributed by atoms with Crippen LogP contribution in [0.5, 0.6) is 0 Å². The molecule has 2 rings (SSSR count). The normalized spacial score (nSPS) is 11.5. The van der Waals surface area contributed by atoms with Crippen molar-refractivity contribution >= 4 is 22.9 Å².